The molecule has 1 aliphatic heterocycles. The summed E-state index contributed by atoms with van der Waals surface area (Å²) in [5, 5.41) is 19.8. The van der Waals surface area contributed by atoms with E-state index in [4.69, 9.17) is 4.42 Å². The predicted octanol–water partition coefficient (Wildman–Crippen LogP) is 1.07. The second kappa shape index (κ2) is 3.62. The van der Waals surface area contributed by atoms with Crippen molar-refractivity contribution in [3.05, 3.63) is 34.3 Å². The van der Waals surface area contributed by atoms with Crippen LogP contribution in [0.4, 0.5) is 0 Å². The van der Waals surface area contributed by atoms with Crippen LogP contribution in [-0.2, 0) is 0 Å². The Morgan fingerprint density at radius 3 is 3.07 bits per heavy atom. The molecule has 1 saturated heterocycles. The normalized spacial score (nSPS) is 31.9. The van der Waals surface area contributed by atoms with E-state index in [1.165, 1.54) is 18.0 Å². The van der Waals surface area contributed by atoms with Crippen LogP contribution in [0.2, 0.25) is 0 Å². The number of nitro groups is 1. The molecule has 2 rings (SSSR count). The van der Waals surface area contributed by atoms with Crippen molar-refractivity contribution in [3.63, 3.8) is 0 Å². The average molecular weight is 215 g/mol. The first-order chi connectivity index (χ1) is 6.70. The first-order valence-corrected chi connectivity index (χ1v) is 5.21. The number of rotatable bonds is 2. The minimum Gasteiger partial charge on any atom is -0.468 e. The van der Waals surface area contributed by atoms with Crippen LogP contribution in [-0.4, -0.2) is 27.9 Å². The number of aliphatic hydroxyl groups excluding tert-OH is 1. The quantitative estimate of drug-likeness (QED) is 0.590. The summed E-state index contributed by atoms with van der Waals surface area (Å²) in [4.78, 5) is 10.3. The van der Waals surface area contributed by atoms with Gasteiger partial charge in [-0.3, -0.25) is 10.1 Å². The van der Waals surface area contributed by atoms with E-state index >= 15 is 0 Å². The summed E-state index contributed by atoms with van der Waals surface area (Å²) in [5.41, 5.74) is 0. The monoisotopic (exact) mass is 215 g/mol. The van der Waals surface area contributed by atoms with Gasteiger partial charge in [-0.1, -0.05) is 0 Å². The Hall–Kier alpha value is -1.01. The fourth-order valence-electron chi connectivity index (χ4n) is 1.56. The number of furan rings is 1. The third kappa shape index (κ3) is 1.51. The van der Waals surface area contributed by atoms with Gasteiger partial charge in [0.2, 0.25) is 0 Å². The zero-order chi connectivity index (χ0) is 10.1. The molecular weight excluding hydrogens is 206 g/mol. The lowest BCUT2D eigenvalue weighted by Gasteiger charge is -2.10. The van der Waals surface area contributed by atoms with Crippen molar-refractivity contribution in [3.8, 4) is 0 Å². The standard InChI is InChI=1S/C8H9NO4S/c10-5-4-14-8(7(5)9(11)12)6-2-1-3-13-6/h1-3,5,7-8,10H,4H2/t5?,7-,8+/m0/s1. The van der Waals surface area contributed by atoms with Gasteiger partial charge in [-0.2, -0.15) is 0 Å². The summed E-state index contributed by atoms with van der Waals surface area (Å²) in [5.74, 6) is 0.949. The van der Waals surface area contributed by atoms with Gasteiger partial charge in [-0.25, -0.2) is 0 Å². The van der Waals surface area contributed by atoms with Crippen LogP contribution in [0.15, 0.2) is 22.8 Å². The zero-order valence-corrected chi connectivity index (χ0v) is 8.02. The SMILES string of the molecule is O=[N+]([O-])[C@H]1C(O)CS[C@@H]1c1ccco1. The Labute approximate surface area is 84.2 Å². The number of hydrogen-bond acceptors (Lipinski definition) is 5. The molecule has 1 N–H and O–H groups in total. The third-order valence-electron chi connectivity index (χ3n) is 2.22. The van der Waals surface area contributed by atoms with Crippen LogP contribution in [0.1, 0.15) is 11.0 Å². The van der Waals surface area contributed by atoms with Crippen LogP contribution in [0.3, 0.4) is 0 Å². The van der Waals surface area contributed by atoms with Crippen molar-refractivity contribution in [2.24, 2.45) is 0 Å². The van der Waals surface area contributed by atoms with E-state index in [0.29, 0.717) is 11.5 Å². The van der Waals surface area contributed by atoms with E-state index in [1.54, 1.807) is 12.1 Å². The summed E-state index contributed by atoms with van der Waals surface area (Å²) in [7, 11) is 0. The fraction of sp³-hybridized carbons (Fsp3) is 0.500. The van der Waals surface area contributed by atoms with Crippen molar-refractivity contribution in [1.82, 2.24) is 0 Å². The Morgan fingerprint density at radius 1 is 1.71 bits per heavy atom. The molecule has 1 aliphatic rings. The molecule has 1 fully saturated rings. The van der Waals surface area contributed by atoms with Crippen LogP contribution in [0.5, 0.6) is 0 Å². The Balaban J connectivity index is 2.24. The van der Waals surface area contributed by atoms with Crippen LogP contribution < -0.4 is 0 Å². The molecule has 0 amide bonds. The maximum absolute atomic E-state index is 10.7. The highest BCUT2D eigenvalue weighted by atomic mass is 32.2. The first kappa shape index (κ1) is 9.54. The molecule has 0 saturated carbocycles. The molecule has 1 aromatic rings. The average Bonchev–Trinajstić information content (AvgIpc) is 2.70. The molecule has 1 unspecified atom stereocenters. The molecule has 14 heavy (non-hydrogen) atoms. The van der Waals surface area contributed by atoms with Gasteiger partial charge in [0.1, 0.15) is 17.1 Å². The van der Waals surface area contributed by atoms with Crippen LogP contribution in [0.25, 0.3) is 0 Å². The Morgan fingerprint density at radius 2 is 2.50 bits per heavy atom. The van der Waals surface area contributed by atoms with Gasteiger partial charge in [0.05, 0.1) is 6.26 Å². The van der Waals surface area contributed by atoms with Gasteiger partial charge in [-0.15, -0.1) is 11.8 Å². The lowest BCUT2D eigenvalue weighted by Crippen LogP contribution is -2.33. The number of thioether (sulfide) groups is 1. The van der Waals surface area contributed by atoms with Gasteiger partial charge >= 0.3 is 0 Å². The Kier molecular flexibility index (Phi) is 2.47. The fourth-order valence-corrected chi connectivity index (χ4v) is 2.93. The summed E-state index contributed by atoms with van der Waals surface area (Å²) in [6.07, 6.45) is 0.600. The van der Waals surface area contributed by atoms with Crippen molar-refractivity contribution < 1.29 is 14.4 Å². The molecule has 0 radical (unpaired) electrons. The topological polar surface area (TPSA) is 76.5 Å². The van der Waals surface area contributed by atoms with E-state index in [9.17, 15) is 15.2 Å². The second-order valence-corrected chi connectivity index (χ2v) is 4.29. The lowest BCUT2D eigenvalue weighted by atomic mass is 10.1. The van der Waals surface area contributed by atoms with E-state index in [0.717, 1.165) is 0 Å². The lowest BCUT2D eigenvalue weighted by molar-refractivity contribution is -0.532. The summed E-state index contributed by atoms with van der Waals surface area (Å²) >= 11 is 1.36. The summed E-state index contributed by atoms with van der Waals surface area (Å²) < 4.78 is 5.11. The predicted molar refractivity (Wildman–Crippen MR) is 50.7 cm³/mol. The largest absolute Gasteiger partial charge is 0.468 e. The number of nitrogens with zero attached hydrogens (tertiary/aromatic N) is 1. The summed E-state index contributed by atoms with van der Waals surface area (Å²) in [6.45, 7) is 0. The molecule has 5 nitrogen and oxygen atoms in total. The van der Waals surface area contributed by atoms with E-state index in [1.807, 2.05) is 0 Å². The molecule has 1 aromatic heterocycles. The molecule has 0 aromatic carbocycles. The van der Waals surface area contributed by atoms with Crippen molar-refractivity contribution in [1.29, 1.82) is 0 Å². The van der Waals surface area contributed by atoms with Crippen molar-refractivity contribution in [2.75, 3.05) is 5.75 Å². The number of hydrogen-bond donors (Lipinski definition) is 1. The van der Waals surface area contributed by atoms with Crippen LogP contribution in [0, 0.1) is 10.1 Å². The minimum absolute atomic E-state index is 0.366. The Bertz CT molecular complexity index is 326. The number of aliphatic hydroxyl groups is 1. The van der Waals surface area contributed by atoms with Crippen molar-refractivity contribution in [2.45, 2.75) is 17.4 Å². The van der Waals surface area contributed by atoms with Crippen LogP contribution >= 0.6 is 11.8 Å². The molecule has 2 heterocycles. The molecule has 76 valence electrons. The smallest absolute Gasteiger partial charge is 0.258 e. The molecule has 0 spiro atoms. The highest BCUT2D eigenvalue weighted by Crippen LogP contribution is 2.41. The summed E-state index contributed by atoms with van der Waals surface area (Å²) in [6, 6.07) is 2.44. The highest BCUT2D eigenvalue weighted by Gasteiger charge is 2.46. The minimum atomic E-state index is -0.953. The van der Waals surface area contributed by atoms with E-state index in [2.05, 4.69) is 0 Å². The molecule has 3 atom stereocenters. The van der Waals surface area contributed by atoms with Gasteiger partial charge in [0.25, 0.3) is 6.04 Å². The molecule has 0 aliphatic carbocycles. The third-order valence-corrected chi connectivity index (χ3v) is 3.62. The van der Waals surface area contributed by atoms with Gasteiger partial charge in [0.15, 0.2) is 0 Å². The highest BCUT2D eigenvalue weighted by molar-refractivity contribution is 7.99. The zero-order valence-electron chi connectivity index (χ0n) is 7.20. The molecule has 6 heteroatoms. The van der Waals surface area contributed by atoms with E-state index in [-0.39, 0.29) is 5.25 Å². The second-order valence-electron chi connectivity index (χ2n) is 3.11. The molecule has 0 bridgehead atoms. The van der Waals surface area contributed by atoms with Gasteiger partial charge < -0.3 is 9.52 Å². The van der Waals surface area contributed by atoms with Crippen molar-refractivity contribution >= 4 is 11.8 Å². The first-order valence-electron chi connectivity index (χ1n) is 4.16. The maximum Gasteiger partial charge on any atom is 0.258 e. The van der Waals surface area contributed by atoms with E-state index < -0.39 is 17.1 Å². The van der Waals surface area contributed by atoms with Gasteiger partial charge in [0, 0.05) is 10.7 Å². The van der Waals surface area contributed by atoms with Gasteiger partial charge in [-0.05, 0) is 12.1 Å². The maximum atomic E-state index is 10.7. The molecular formula is C8H9NO4S.